The Morgan fingerprint density at radius 3 is 2.75 bits per heavy atom. The van der Waals surface area contributed by atoms with E-state index in [0.29, 0.717) is 6.61 Å². The van der Waals surface area contributed by atoms with Crippen LogP contribution in [0.4, 0.5) is 0 Å². The molecule has 108 valence electrons. The van der Waals surface area contributed by atoms with Crippen molar-refractivity contribution in [3.63, 3.8) is 0 Å². The Kier molecular flexibility index (Phi) is 4.79. The molecule has 0 amide bonds. The fourth-order valence-electron chi connectivity index (χ4n) is 2.28. The van der Waals surface area contributed by atoms with Gasteiger partial charge in [0.15, 0.2) is 0 Å². The molecule has 0 radical (unpaired) electrons. The standard InChI is InChI=1S/C16H23N3O/c1-4-15(17)14-8-6-7-9-16(14)20-11-13-10-12(3)18-19(13)5-2/h6-10,15H,4-5,11,17H2,1-3H3. The molecule has 1 aromatic carbocycles. The third kappa shape index (κ3) is 3.20. The normalized spacial score (nSPS) is 12.4. The van der Waals surface area contributed by atoms with E-state index in [1.807, 2.05) is 35.9 Å². The van der Waals surface area contributed by atoms with Gasteiger partial charge < -0.3 is 10.5 Å². The highest BCUT2D eigenvalue weighted by Gasteiger charge is 2.11. The van der Waals surface area contributed by atoms with Gasteiger partial charge in [-0.15, -0.1) is 0 Å². The van der Waals surface area contributed by atoms with Gasteiger partial charge in [-0.2, -0.15) is 5.10 Å². The number of nitrogens with zero attached hydrogens (tertiary/aromatic N) is 2. The number of ether oxygens (including phenoxy) is 1. The average molecular weight is 273 g/mol. The number of benzene rings is 1. The van der Waals surface area contributed by atoms with Gasteiger partial charge in [0.1, 0.15) is 12.4 Å². The first-order valence-corrected chi connectivity index (χ1v) is 7.16. The minimum atomic E-state index is 0.0176. The van der Waals surface area contributed by atoms with E-state index in [9.17, 15) is 0 Å². The van der Waals surface area contributed by atoms with Crippen molar-refractivity contribution in [3.05, 3.63) is 47.3 Å². The zero-order valence-corrected chi connectivity index (χ0v) is 12.5. The first kappa shape index (κ1) is 14.6. The summed E-state index contributed by atoms with van der Waals surface area (Å²) in [5, 5.41) is 4.43. The van der Waals surface area contributed by atoms with Crippen LogP contribution in [0.2, 0.25) is 0 Å². The summed E-state index contributed by atoms with van der Waals surface area (Å²) in [5.74, 6) is 0.864. The second kappa shape index (κ2) is 6.57. The quantitative estimate of drug-likeness (QED) is 0.879. The molecule has 0 fully saturated rings. The second-order valence-electron chi connectivity index (χ2n) is 4.93. The molecule has 0 aliphatic rings. The van der Waals surface area contributed by atoms with E-state index in [2.05, 4.69) is 25.0 Å². The smallest absolute Gasteiger partial charge is 0.130 e. The molecule has 2 N–H and O–H groups in total. The van der Waals surface area contributed by atoms with Crippen LogP contribution in [0, 0.1) is 6.92 Å². The molecule has 0 saturated carbocycles. The molecule has 0 saturated heterocycles. The van der Waals surface area contributed by atoms with Gasteiger partial charge in [-0.1, -0.05) is 25.1 Å². The van der Waals surface area contributed by atoms with Crippen molar-refractivity contribution in [1.82, 2.24) is 9.78 Å². The molecule has 2 rings (SSSR count). The lowest BCUT2D eigenvalue weighted by Crippen LogP contribution is -2.12. The second-order valence-corrected chi connectivity index (χ2v) is 4.93. The summed E-state index contributed by atoms with van der Waals surface area (Å²) in [4.78, 5) is 0. The highest BCUT2D eigenvalue weighted by Crippen LogP contribution is 2.26. The Bertz CT molecular complexity index is 563. The maximum atomic E-state index is 6.13. The van der Waals surface area contributed by atoms with Crippen LogP contribution in [0.1, 0.15) is 43.3 Å². The predicted octanol–water partition coefficient (Wildman–Crippen LogP) is 3.20. The summed E-state index contributed by atoms with van der Waals surface area (Å²) in [7, 11) is 0. The van der Waals surface area contributed by atoms with E-state index in [0.717, 1.165) is 35.7 Å². The highest BCUT2D eigenvalue weighted by molar-refractivity contribution is 5.35. The molecule has 2 aromatic rings. The van der Waals surface area contributed by atoms with E-state index in [1.54, 1.807) is 0 Å². The third-order valence-electron chi connectivity index (χ3n) is 3.42. The number of hydrogen-bond donors (Lipinski definition) is 1. The number of hydrogen-bond acceptors (Lipinski definition) is 3. The molecule has 1 atom stereocenters. The first-order chi connectivity index (χ1) is 9.65. The van der Waals surface area contributed by atoms with E-state index in [4.69, 9.17) is 10.5 Å². The molecule has 1 aromatic heterocycles. The van der Waals surface area contributed by atoms with Crippen molar-refractivity contribution in [1.29, 1.82) is 0 Å². The van der Waals surface area contributed by atoms with Gasteiger partial charge in [-0.05, 0) is 32.4 Å². The average Bonchev–Trinajstić information content (AvgIpc) is 2.84. The molecule has 20 heavy (non-hydrogen) atoms. The Labute approximate surface area is 120 Å². The van der Waals surface area contributed by atoms with Gasteiger partial charge in [0, 0.05) is 18.2 Å². The van der Waals surface area contributed by atoms with Crippen molar-refractivity contribution >= 4 is 0 Å². The summed E-state index contributed by atoms with van der Waals surface area (Å²) >= 11 is 0. The molecule has 0 aliphatic carbocycles. The molecule has 0 spiro atoms. The van der Waals surface area contributed by atoms with E-state index >= 15 is 0 Å². The van der Waals surface area contributed by atoms with Crippen molar-refractivity contribution in [2.24, 2.45) is 5.73 Å². The van der Waals surface area contributed by atoms with Crippen molar-refractivity contribution in [2.45, 2.75) is 46.4 Å². The predicted molar refractivity (Wildman–Crippen MR) is 80.6 cm³/mol. The fraction of sp³-hybridized carbons (Fsp3) is 0.438. The molecule has 0 bridgehead atoms. The van der Waals surface area contributed by atoms with Gasteiger partial charge in [0.2, 0.25) is 0 Å². The van der Waals surface area contributed by atoms with E-state index in [-0.39, 0.29) is 6.04 Å². The molecule has 4 heteroatoms. The van der Waals surface area contributed by atoms with Gasteiger partial charge in [-0.3, -0.25) is 4.68 Å². The number of aryl methyl sites for hydroxylation is 2. The van der Waals surface area contributed by atoms with E-state index < -0.39 is 0 Å². The van der Waals surface area contributed by atoms with Crippen LogP contribution in [-0.2, 0) is 13.2 Å². The van der Waals surface area contributed by atoms with Crippen LogP contribution in [0.25, 0.3) is 0 Å². The number of rotatable bonds is 6. The molecule has 1 unspecified atom stereocenters. The number of nitrogens with two attached hydrogens (primary N) is 1. The zero-order valence-electron chi connectivity index (χ0n) is 12.5. The van der Waals surface area contributed by atoms with Gasteiger partial charge in [0.25, 0.3) is 0 Å². The third-order valence-corrected chi connectivity index (χ3v) is 3.42. The molecule has 4 nitrogen and oxygen atoms in total. The number of para-hydroxylation sites is 1. The summed E-state index contributed by atoms with van der Waals surface area (Å²) in [6, 6.07) is 10.1. The Hall–Kier alpha value is -1.81. The molecule has 0 aliphatic heterocycles. The van der Waals surface area contributed by atoms with Crippen molar-refractivity contribution < 1.29 is 4.74 Å². The largest absolute Gasteiger partial charge is 0.487 e. The minimum absolute atomic E-state index is 0.0176. The van der Waals surface area contributed by atoms with Crippen molar-refractivity contribution in [3.8, 4) is 5.75 Å². The van der Waals surface area contributed by atoms with Crippen LogP contribution in [0.15, 0.2) is 30.3 Å². The lowest BCUT2D eigenvalue weighted by Gasteiger charge is -2.15. The Morgan fingerprint density at radius 1 is 1.30 bits per heavy atom. The number of aromatic nitrogens is 2. The lowest BCUT2D eigenvalue weighted by molar-refractivity contribution is 0.287. The summed E-state index contributed by atoms with van der Waals surface area (Å²) < 4.78 is 7.93. The molecular weight excluding hydrogens is 250 g/mol. The maximum absolute atomic E-state index is 6.13. The SMILES string of the molecule is CCC(N)c1ccccc1OCc1cc(C)nn1CC. The highest BCUT2D eigenvalue weighted by atomic mass is 16.5. The van der Waals surface area contributed by atoms with Crippen LogP contribution < -0.4 is 10.5 Å². The Balaban J connectivity index is 2.14. The molecule has 1 heterocycles. The fourth-order valence-corrected chi connectivity index (χ4v) is 2.28. The summed E-state index contributed by atoms with van der Waals surface area (Å²) in [6.07, 6.45) is 0.895. The zero-order chi connectivity index (χ0) is 14.5. The van der Waals surface area contributed by atoms with Crippen LogP contribution in [-0.4, -0.2) is 9.78 Å². The first-order valence-electron chi connectivity index (χ1n) is 7.16. The minimum Gasteiger partial charge on any atom is -0.487 e. The Morgan fingerprint density at radius 2 is 2.05 bits per heavy atom. The maximum Gasteiger partial charge on any atom is 0.130 e. The topological polar surface area (TPSA) is 53.1 Å². The lowest BCUT2D eigenvalue weighted by atomic mass is 10.0. The van der Waals surface area contributed by atoms with Crippen LogP contribution in [0.3, 0.4) is 0 Å². The van der Waals surface area contributed by atoms with E-state index in [1.165, 1.54) is 0 Å². The van der Waals surface area contributed by atoms with Crippen molar-refractivity contribution in [2.75, 3.05) is 0 Å². The monoisotopic (exact) mass is 273 g/mol. The molecular formula is C16H23N3O. The van der Waals surface area contributed by atoms with Crippen LogP contribution >= 0.6 is 0 Å². The van der Waals surface area contributed by atoms with Gasteiger partial charge >= 0.3 is 0 Å². The van der Waals surface area contributed by atoms with Crippen LogP contribution in [0.5, 0.6) is 5.75 Å². The van der Waals surface area contributed by atoms with Gasteiger partial charge in [-0.25, -0.2) is 0 Å². The van der Waals surface area contributed by atoms with Gasteiger partial charge in [0.05, 0.1) is 11.4 Å². The summed E-state index contributed by atoms with van der Waals surface area (Å²) in [5.41, 5.74) is 9.30. The summed E-state index contributed by atoms with van der Waals surface area (Å²) in [6.45, 7) is 7.52.